The highest BCUT2D eigenvalue weighted by molar-refractivity contribution is 7.98. The first-order valence-electron chi connectivity index (χ1n) is 7.42. The van der Waals surface area contributed by atoms with Crippen LogP contribution < -0.4 is 5.56 Å². The van der Waals surface area contributed by atoms with Crippen LogP contribution in [0.15, 0.2) is 57.1 Å². The summed E-state index contributed by atoms with van der Waals surface area (Å²) < 4.78 is 0. The average molecular weight is 382 g/mol. The van der Waals surface area contributed by atoms with Crippen molar-refractivity contribution >= 4 is 44.7 Å². The fourth-order valence-corrected chi connectivity index (χ4v) is 5.07. The number of rotatable bonds is 4. The van der Waals surface area contributed by atoms with Gasteiger partial charge in [0.05, 0.1) is 17.0 Å². The zero-order valence-electron chi connectivity index (χ0n) is 12.9. The molecule has 25 heavy (non-hydrogen) atoms. The van der Waals surface area contributed by atoms with Crippen LogP contribution in [-0.2, 0) is 5.75 Å². The molecule has 0 bridgehead atoms. The highest BCUT2D eigenvalue weighted by atomic mass is 32.2. The lowest BCUT2D eigenvalue weighted by atomic mass is 10.2. The van der Waals surface area contributed by atoms with Crippen molar-refractivity contribution in [3.05, 3.63) is 68.6 Å². The van der Waals surface area contributed by atoms with Crippen molar-refractivity contribution in [2.75, 3.05) is 0 Å². The van der Waals surface area contributed by atoms with Crippen molar-refractivity contribution in [2.24, 2.45) is 0 Å². The molecule has 4 nitrogen and oxygen atoms in total. The number of thiophene rings is 2. The van der Waals surface area contributed by atoms with Crippen LogP contribution in [0.4, 0.5) is 0 Å². The molecule has 7 heteroatoms. The fourth-order valence-electron chi connectivity index (χ4n) is 2.44. The number of hydrogen-bond acceptors (Lipinski definition) is 6. The van der Waals surface area contributed by atoms with E-state index >= 15 is 0 Å². The monoisotopic (exact) mass is 381 g/mol. The third-order valence-electron chi connectivity index (χ3n) is 3.67. The Morgan fingerprint density at radius 2 is 2.04 bits per heavy atom. The quantitative estimate of drug-likeness (QED) is 0.404. The summed E-state index contributed by atoms with van der Waals surface area (Å²) in [6.07, 6.45) is 0. The molecule has 0 saturated carbocycles. The molecule has 4 rings (SSSR count). The Morgan fingerprint density at radius 3 is 2.76 bits per heavy atom. The largest absolute Gasteiger partial charge is 0.301 e. The highest BCUT2D eigenvalue weighted by Gasteiger charge is 2.13. The molecule has 0 fully saturated rings. The normalized spacial score (nSPS) is 10.8. The van der Waals surface area contributed by atoms with Crippen LogP contribution in [0.25, 0.3) is 20.7 Å². The first kappa shape index (κ1) is 16.1. The van der Waals surface area contributed by atoms with E-state index in [4.69, 9.17) is 5.26 Å². The Balaban J connectivity index is 1.61. The number of nitrogens with zero attached hydrogens (tertiary/aromatic N) is 2. The van der Waals surface area contributed by atoms with E-state index in [0.29, 0.717) is 21.9 Å². The minimum absolute atomic E-state index is 0.100. The molecule has 0 spiro atoms. The Labute approximate surface area is 155 Å². The molecule has 0 aliphatic carbocycles. The lowest BCUT2D eigenvalue weighted by Gasteiger charge is -2.02. The molecule has 0 aliphatic rings. The summed E-state index contributed by atoms with van der Waals surface area (Å²) in [5.74, 6) is 0.684. The van der Waals surface area contributed by atoms with Crippen LogP contribution in [-0.4, -0.2) is 9.97 Å². The first-order chi connectivity index (χ1) is 12.2. The van der Waals surface area contributed by atoms with Crippen LogP contribution >= 0.6 is 34.4 Å². The van der Waals surface area contributed by atoms with Gasteiger partial charge in [0.1, 0.15) is 4.83 Å². The number of thioether (sulfide) groups is 1. The number of hydrogen-bond donors (Lipinski definition) is 1. The fraction of sp³-hybridized carbons (Fsp3) is 0.0556. The van der Waals surface area contributed by atoms with Gasteiger partial charge in [-0.25, -0.2) is 4.98 Å². The second kappa shape index (κ2) is 6.84. The van der Waals surface area contributed by atoms with E-state index in [-0.39, 0.29) is 5.56 Å². The Kier molecular flexibility index (Phi) is 4.40. The molecule has 0 radical (unpaired) electrons. The zero-order valence-corrected chi connectivity index (χ0v) is 15.3. The molecule has 1 aromatic carbocycles. The molecule has 0 saturated heterocycles. The van der Waals surface area contributed by atoms with Gasteiger partial charge in [0.15, 0.2) is 5.16 Å². The van der Waals surface area contributed by atoms with Crippen molar-refractivity contribution in [2.45, 2.75) is 10.9 Å². The molecule has 3 heterocycles. The van der Waals surface area contributed by atoms with Crippen LogP contribution in [0, 0.1) is 11.3 Å². The van der Waals surface area contributed by atoms with Crippen molar-refractivity contribution in [1.82, 2.24) is 9.97 Å². The number of nitrogens with one attached hydrogen (secondary N) is 1. The summed E-state index contributed by atoms with van der Waals surface area (Å²) >= 11 is 4.59. The van der Waals surface area contributed by atoms with E-state index in [1.165, 1.54) is 23.1 Å². The number of aromatic nitrogens is 2. The predicted octanol–water partition coefficient (Wildman–Crippen LogP) is 4.88. The maximum atomic E-state index is 12.5. The van der Waals surface area contributed by atoms with Gasteiger partial charge in [-0.2, -0.15) is 5.26 Å². The van der Waals surface area contributed by atoms with E-state index in [9.17, 15) is 4.79 Å². The maximum absolute atomic E-state index is 12.5. The molecule has 3 aromatic heterocycles. The minimum atomic E-state index is -0.100. The summed E-state index contributed by atoms with van der Waals surface area (Å²) in [7, 11) is 0. The number of aromatic amines is 1. The number of benzene rings is 1. The standard InChI is InChI=1S/C18H11N3OS3/c19-8-11-3-5-12(6-4-11)9-25-18-20-16(22)15-13(10-24-17(15)21-18)14-2-1-7-23-14/h1-7,10H,9H2,(H,20,21,22). The molecular weight excluding hydrogens is 370 g/mol. The van der Waals surface area contributed by atoms with Gasteiger partial charge in [-0.05, 0) is 29.1 Å². The maximum Gasteiger partial charge on any atom is 0.260 e. The van der Waals surface area contributed by atoms with Crippen molar-refractivity contribution in [3.63, 3.8) is 0 Å². The van der Waals surface area contributed by atoms with Crippen LogP contribution in [0.3, 0.4) is 0 Å². The van der Waals surface area contributed by atoms with Crippen LogP contribution in [0.1, 0.15) is 11.1 Å². The SMILES string of the molecule is N#Cc1ccc(CSc2nc3scc(-c4cccs4)c3c(=O)[nH]2)cc1. The van der Waals surface area contributed by atoms with Crippen molar-refractivity contribution < 1.29 is 0 Å². The number of nitriles is 1. The van der Waals surface area contributed by atoms with E-state index in [1.807, 2.05) is 35.0 Å². The second-order valence-corrected chi connectivity index (χ2v) is 8.05. The zero-order chi connectivity index (χ0) is 17.2. The summed E-state index contributed by atoms with van der Waals surface area (Å²) in [4.78, 5) is 21.9. The molecule has 0 unspecified atom stereocenters. The summed E-state index contributed by atoms with van der Waals surface area (Å²) in [6.45, 7) is 0. The summed E-state index contributed by atoms with van der Waals surface area (Å²) in [5.41, 5.74) is 2.57. The van der Waals surface area contributed by atoms with E-state index < -0.39 is 0 Å². The molecule has 0 atom stereocenters. The molecule has 0 amide bonds. The molecule has 122 valence electrons. The van der Waals surface area contributed by atoms with Crippen molar-refractivity contribution in [1.29, 1.82) is 5.26 Å². The van der Waals surface area contributed by atoms with Crippen LogP contribution in [0.2, 0.25) is 0 Å². The minimum Gasteiger partial charge on any atom is -0.301 e. The van der Waals surface area contributed by atoms with Gasteiger partial charge < -0.3 is 4.98 Å². The summed E-state index contributed by atoms with van der Waals surface area (Å²) in [6, 6.07) is 13.5. The summed E-state index contributed by atoms with van der Waals surface area (Å²) in [5, 5.41) is 14.1. The van der Waals surface area contributed by atoms with Gasteiger partial charge in [-0.15, -0.1) is 22.7 Å². The Morgan fingerprint density at radius 1 is 1.20 bits per heavy atom. The van der Waals surface area contributed by atoms with Gasteiger partial charge in [0, 0.05) is 21.6 Å². The van der Waals surface area contributed by atoms with E-state index in [1.54, 1.807) is 23.5 Å². The molecule has 0 aliphatic heterocycles. The van der Waals surface area contributed by atoms with E-state index in [0.717, 1.165) is 20.8 Å². The number of fused-ring (bicyclic) bond motifs is 1. The lowest BCUT2D eigenvalue weighted by molar-refractivity contribution is 0.980. The molecular formula is C18H11N3OS3. The molecule has 1 N–H and O–H groups in total. The van der Waals surface area contributed by atoms with Gasteiger partial charge >= 0.3 is 0 Å². The van der Waals surface area contributed by atoms with E-state index in [2.05, 4.69) is 16.0 Å². The van der Waals surface area contributed by atoms with Crippen molar-refractivity contribution in [3.8, 4) is 16.5 Å². The van der Waals surface area contributed by atoms with Gasteiger partial charge in [-0.3, -0.25) is 4.79 Å². The smallest absolute Gasteiger partial charge is 0.260 e. The first-order valence-corrected chi connectivity index (χ1v) is 10.2. The topological polar surface area (TPSA) is 69.5 Å². The number of H-pyrrole nitrogens is 1. The highest BCUT2D eigenvalue weighted by Crippen LogP contribution is 2.34. The molecule has 4 aromatic rings. The predicted molar refractivity (Wildman–Crippen MR) is 104 cm³/mol. The Bertz CT molecular complexity index is 1120. The second-order valence-electron chi connectivity index (χ2n) is 5.28. The lowest BCUT2D eigenvalue weighted by Crippen LogP contribution is -2.08. The Hall–Kier alpha value is -2.40. The average Bonchev–Trinajstić information content (AvgIpc) is 3.29. The van der Waals surface area contributed by atoms with Gasteiger partial charge in [0.2, 0.25) is 0 Å². The third-order valence-corrected chi connectivity index (χ3v) is 6.39. The van der Waals surface area contributed by atoms with Crippen LogP contribution in [0.5, 0.6) is 0 Å². The third kappa shape index (κ3) is 3.24. The van der Waals surface area contributed by atoms with Gasteiger partial charge in [0.25, 0.3) is 5.56 Å². The van der Waals surface area contributed by atoms with Gasteiger partial charge in [-0.1, -0.05) is 30.0 Å².